The van der Waals surface area contributed by atoms with Gasteiger partial charge >= 0.3 is 5.76 Å². The average molecular weight is 167 g/mol. The molecule has 0 atom stereocenters. The number of hydrogen-bond acceptors (Lipinski definition) is 4. The summed E-state index contributed by atoms with van der Waals surface area (Å²) >= 11 is 0. The van der Waals surface area contributed by atoms with Crippen LogP contribution in [0.25, 0.3) is 0 Å². The van der Waals surface area contributed by atoms with E-state index in [1.54, 1.807) is 20.1 Å². The second-order valence-electron chi connectivity index (χ2n) is 1.94. The minimum absolute atomic E-state index is 0.209. The Morgan fingerprint density at radius 1 is 1.33 bits per heavy atom. The highest BCUT2D eigenvalue weighted by atomic mass is 16.4. The van der Waals surface area contributed by atoms with Crippen molar-refractivity contribution in [1.29, 1.82) is 0 Å². The van der Waals surface area contributed by atoms with E-state index in [0.29, 0.717) is 5.82 Å². The molecule has 1 N–H and O–H groups in total. The van der Waals surface area contributed by atoms with Crippen LogP contribution in [0.2, 0.25) is 0 Å². The van der Waals surface area contributed by atoms with Gasteiger partial charge in [0.25, 0.3) is 5.88 Å². The van der Waals surface area contributed by atoms with Crippen molar-refractivity contribution in [2.24, 2.45) is 9.98 Å². The molecule has 0 fully saturated rings. The number of H-pyrrole nitrogens is 1. The largest absolute Gasteiger partial charge is 0.419 e. The number of aliphatic imine (C=N–C) groups is 2. The smallest absolute Gasteiger partial charge is 0.387 e. The minimum atomic E-state index is -0.545. The predicted molar refractivity (Wildman–Crippen MR) is 47.0 cm³/mol. The Morgan fingerprint density at radius 2 is 2.00 bits per heavy atom. The lowest BCUT2D eigenvalue weighted by Crippen LogP contribution is -1.92. The molecule has 1 aromatic heterocycles. The van der Waals surface area contributed by atoms with Gasteiger partial charge in [-0.2, -0.15) is 0 Å². The van der Waals surface area contributed by atoms with Gasteiger partial charge in [-0.3, -0.25) is 4.98 Å². The monoisotopic (exact) mass is 167 g/mol. The topological polar surface area (TPSA) is 70.7 Å². The molecular formula is C7H9N3O2. The van der Waals surface area contributed by atoms with Crippen molar-refractivity contribution in [3.05, 3.63) is 10.6 Å². The molecule has 5 heteroatoms. The van der Waals surface area contributed by atoms with Gasteiger partial charge in [0.05, 0.1) is 0 Å². The summed E-state index contributed by atoms with van der Waals surface area (Å²) in [5.41, 5.74) is 0. The van der Waals surface area contributed by atoms with Gasteiger partial charge in [-0.05, 0) is 13.8 Å². The summed E-state index contributed by atoms with van der Waals surface area (Å²) in [6.07, 6.45) is 3.08. The van der Waals surface area contributed by atoms with Crippen LogP contribution in [0.5, 0.6) is 0 Å². The zero-order valence-corrected chi connectivity index (χ0v) is 6.87. The predicted octanol–water partition coefficient (Wildman–Crippen LogP) is 1.41. The van der Waals surface area contributed by atoms with Crippen LogP contribution in [0.3, 0.4) is 0 Å². The SMILES string of the molecule is C/C=N\c1[nH]c(=O)oc1/N=C/C. The molecule has 0 aliphatic rings. The second-order valence-corrected chi connectivity index (χ2v) is 1.94. The second kappa shape index (κ2) is 3.66. The molecule has 12 heavy (non-hydrogen) atoms. The van der Waals surface area contributed by atoms with E-state index >= 15 is 0 Å². The lowest BCUT2D eigenvalue weighted by molar-refractivity contribution is 0.525. The summed E-state index contributed by atoms with van der Waals surface area (Å²) in [6, 6.07) is 0. The van der Waals surface area contributed by atoms with Crippen molar-refractivity contribution < 1.29 is 4.42 Å². The fraction of sp³-hybridized carbons (Fsp3) is 0.286. The number of rotatable bonds is 2. The molecule has 1 rings (SSSR count). The fourth-order valence-electron chi connectivity index (χ4n) is 0.733. The summed E-state index contributed by atoms with van der Waals surface area (Å²) < 4.78 is 4.68. The lowest BCUT2D eigenvalue weighted by atomic mass is 10.6. The third-order valence-corrected chi connectivity index (χ3v) is 1.12. The molecular weight excluding hydrogens is 158 g/mol. The Labute approximate surface area is 68.9 Å². The quantitative estimate of drug-likeness (QED) is 0.676. The molecule has 0 amide bonds. The molecule has 0 aliphatic carbocycles. The Hall–Kier alpha value is -1.65. The highest BCUT2D eigenvalue weighted by Gasteiger charge is 2.04. The number of nitrogens with one attached hydrogen (secondary N) is 1. The Bertz CT molecular complexity index is 326. The van der Waals surface area contributed by atoms with Gasteiger partial charge in [0.15, 0.2) is 5.82 Å². The van der Waals surface area contributed by atoms with Crippen LogP contribution in [0.1, 0.15) is 13.8 Å². The van der Waals surface area contributed by atoms with Crippen molar-refractivity contribution >= 4 is 24.1 Å². The van der Waals surface area contributed by atoms with Crippen LogP contribution in [0, 0.1) is 0 Å². The van der Waals surface area contributed by atoms with Gasteiger partial charge < -0.3 is 4.42 Å². The first-order valence-corrected chi connectivity index (χ1v) is 3.48. The standard InChI is InChI=1S/C7H9N3O2/c1-3-8-5-6(9-4-2)12-7(11)10-5/h3-4H,1-2H3,(H,10,11)/b8-3-,9-4+. The summed E-state index contributed by atoms with van der Waals surface area (Å²) in [4.78, 5) is 20.8. The van der Waals surface area contributed by atoms with E-state index in [4.69, 9.17) is 0 Å². The molecule has 0 saturated carbocycles. The van der Waals surface area contributed by atoms with Gasteiger partial charge in [-0.15, -0.1) is 0 Å². The fourth-order valence-corrected chi connectivity index (χ4v) is 0.733. The number of nitrogens with zero attached hydrogens (tertiary/aromatic N) is 2. The van der Waals surface area contributed by atoms with E-state index in [2.05, 4.69) is 19.4 Å². The molecule has 0 radical (unpaired) electrons. The molecule has 0 unspecified atom stereocenters. The summed E-state index contributed by atoms with van der Waals surface area (Å²) in [7, 11) is 0. The van der Waals surface area contributed by atoms with E-state index in [-0.39, 0.29) is 5.88 Å². The summed E-state index contributed by atoms with van der Waals surface area (Å²) in [5, 5.41) is 0. The van der Waals surface area contributed by atoms with Crippen molar-refractivity contribution in [3.63, 3.8) is 0 Å². The van der Waals surface area contributed by atoms with Gasteiger partial charge in [-0.1, -0.05) is 0 Å². The van der Waals surface area contributed by atoms with Crippen LogP contribution >= 0.6 is 0 Å². The van der Waals surface area contributed by atoms with Crippen LogP contribution in [-0.2, 0) is 0 Å². The van der Waals surface area contributed by atoms with E-state index in [1.165, 1.54) is 6.21 Å². The Morgan fingerprint density at radius 3 is 2.58 bits per heavy atom. The molecule has 0 saturated heterocycles. The Balaban J connectivity index is 3.16. The van der Waals surface area contributed by atoms with Gasteiger partial charge in [0.2, 0.25) is 0 Å². The summed E-state index contributed by atoms with van der Waals surface area (Å²) in [5.74, 6) is 0.0115. The molecule has 0 aromatic carbocycles. The number of aromatic amines is 1. The van der Waals surface area contributed by atoms with Crippen LogP contribution < -0.4 is 5.76 Å². The maximum absolute atomic E-state index is 10.7. The van der Waals surface area contributed by atoms with Gasteiger partial charge in [0.1, 0.15) is 0 Å². The molecule has 0 spiro atoms. The highest BCUT2D eigenvalue weighted by Crippen LogP contribution is 2.22. The Kier molecular flexibility index (Phi) is 2.57. The van der Waals surface area contributed by atoms with Gasteiger partial charge in [0, 0.05) is 12.4 Å². The lowest BCUT2D eigenvalue weighted by Gasteiger charge is -1.84. The molecule has 0 aliphatic heterocycles. The van der Waals surface area contributed by atoms with Crippen molar-refractivity contribution in [1.82, 2.24) is 4.98 Å². The first kappa shape index (κ1) is 8.45. The maximum atomic E-state index is 10.7. The van der Waals surface area contributed by atoms with E-state index in [1.807, 2.05) is 0 Å². The maximum Gasteiger partial charge on any atom is 0.419 e. The number of oxazole rings is 1. The zero-order chi connectivity index (χ0) is 8.97. The van der Waals surface area contributed by atoms with Crippen molar-refractivity contribution in [3.8, 4) is 0 Å². The van der Waals surface area contributed by atoms with Crippen LogP contribution in [0.4, 0.5) is 11.7 Å². The van der Waals surface area contributed by atoms with E-state index in [9.17, 15) is 4.79 Å². The van der Waals surface area contributed by atoms with E-state index in [0.717, 1.165) is 0 Å². The number of aromatic nitrogens is 1. The minimum Gasteiger partial charge on any atom is -0.387 e. The average Bonchev–Trinajstić information content (AvgIpc) is 2.33. The molecule has 0 bridgehead atoms. The highest BCUT2D eigenvalue weighted by molar-refractivity contribution is 5.66. The van der Waals surface area contributed by atoms with Crippen molar-refractivity contribution in [2.45, 2.75) is 13.8 Å². The first-order chi connectivity index (χ1) is 5.77. The first-order valence-electron chi connectivity index (χ1n) is 3.48. The van der Waals surface area contributed by atoms with Gasteiger partial charge in [-0.25, -0.2) is 14.8 Å². The third kappa shape index (κ3) is 1.69. The van der Waals surface area contributed by atoms with Crippen LogP contribution in [-0.4, -0.2) is 17.4 Å². The van der Waals surface area contributed by atoms with Crippen molar-refractivity contribution in [2.75, 3.05) is 0 Å². The molecule has 1 heterocycles. The summed E-state index contributed by atoms with van der Waals surface area (Å²) in [6.45, 7) is 3.47. The number of hydrogen-bond donors (Lipinski definition) is 1. The molecule has 1 aromatic rings. The zero-order valence-electron chi connectivity index (χ0n) is 6.87. The third-order valence-electron chi connectivity index (χ3n) is 1.12. The van der Waals surface area contributed by atoms with E-state index < -0.39 is 5.76 Å². The molecule has 5 nitrogen and oxygen atoms in total. The normalized spacial score (nSPS) is 11.8. The molecule has 64 valence electrons. The van der Waals surface area contributed by atoms with Crippen LogP contribution in [0.15, 0.2) is 19.2 Å².